The molecule has 2 heterocycles. The summed E-state index contributed by atoms with van der Waals surface area (Å²) in [6, 6.07) is 8.45. The van der Waals surface area contributed by atoms with E-state index in [1.54, 1.807) is 18.4 Å². The zero-order valence-corrected chi connectivity index (χ0v) is 17.8. The zero-order chi connectivity index (χ0) is 20.1. The van der Waals surface area contributed by atoms with Crippen molar-refractivity contribution in [2.75, 3.05) is 33.8 Å². The van der Waals surface area contributed by atoms with E-state index in [-0.39, 0.29) is 17.8 Å². The molecule has 1 aliphatic heterocycles. The second-order valence-corrected chi connectivity index (χ2v) is 8.10. The van der Waals surface area contributed by atoms with E-state index in [4.69, 9.17) is 9.72 Å². The largest absolute Gasteiger partial charge is 0.469 e. The summed E-state index contributed by atoms with van der Waals surface area (Å²) in [4.78, 5) is 23.2. The second kappa shape index (κ2) is 9.19. The molecule has 150 valence electrons. The Labute approximate surface area is 170 Å². The molecule has 1 aromatic heterocycles. The molecule has 1 saturated heterocycles. The molecule has 6 nitrogen and oxygen atoms in total. The van der Waals surface area contributed by atoms with Gasteiger partial charge in [0.15, 0.2) is 5.96 Å². The lowest BCUT2D eigenvalue weighted by atomic mass is 9.99. The van der Waals surface area contributed by atoms with E-state index >= 15 is 0 Å². The number of aromatic nitrogens is 1. The molecule has 1 aromatic carbocycles. The fourth-order valence-electron chi connectivity index (χ4n) is 3.48. The highest BCUT2D eigenvalue weighted by molar-refractivity contribution is 7.13. The summed E-state index contributed by atoms with van der Waals surface area (Å²) in [5, 5.41) is 6.57. The van der Waals surface area contributed by atoms with Gasteiger partial charge in [0.2, 0.25) is 0 Å². The van der Waals surface area contributed by atoms with Crippen LogP contribution < -0.4 is 5.32 Å². The molecule has 2 aromatic rings. The smallest absolute Gasteiger partial charge is 0.310 e. The summed E-state index contributed by atoms with van der Waals surface area (Å²) < 4.78 is 4.92. The normalized spacial score (nSPS) is 19.7. The molecule has 0 radical (unpaired) electrons. The SMILES string of the molecule is CN=C(NCCc1csc(-c2ccc(C)cc2)n1)N1CC(C)C(C(=O)OC)C1. The number of likely N-dealkylation sites (tertiary alicyclic amines) is 1. The molecule has 1 fully saturated rings. The van der Waals surface area contributed by atoms with E-state index < -0.39 is 0 Å². The fraction of sp³-hybridized carbons (Fsp3) is 0.476. The Morgan fingerprint density at radius 1 is 1.36 bits per heavy atom. The van der Waals surface area contributed by atoms with Gasteiger partial charge in [0.25, 0.3) is 0 Å². The number of carbonyl (C=O) groups is 1. The molecular weight excluding hydrogens is 372 g/mol. The van der Waals surface area contributed by atoms with E-state index in [0.717, 1.165) is 41.7 Å². The molecule has 1 N–H and O–H groups in total. The number of carbonyl (C=O) groups excluding carboxylic acids is 1. The highest BCUT2D eigenvalue weighted by Crippen LogP contribution is 2.25. The average molecular weight is 401 g/mol. The Balaban J connectivity index is 1.53. The van der Waals surface area contributed by atoms with Gasteiger partial charge >= 0.3 is 5.97 Å². The molecule has 0 spiro atoms. The lowest BCUT2D eigenvalue weighted by Crippen LogP contribution is -2.41. The van der Waals surface area contributed by atoms with Crippen molar-refractivity contribution in [2.45, 2.75) is 20.3 Å². The number of hydrogen-bond acceptors (Lipinski definition) is 5. The minimum Gasteiger partial charge on any atom is -0.469 e. The summed E-state index contributed by atoms with van der Waals surface area (Å²) in [6.45, 7) is 6.36. The molecule has 7 heteroatoms. The zero-order valence-electron chi connectivity index (χ0n) is 16.9. The van der Waals surface area contributed by atoms with Gasteiger partial charge in [0.05, 0.1) is 18.7 Å². The molecule has 2 unspecified atom stereocenters. The van der Waals surface area contributed by atoms with E-state index in [1.165, 1.54) is 12.7 Å². The predicted octanol–water partition coefficient (Wildman–Crippen LogP) is 2.98. The maximum absolute atomic E-state index is 11.9. The second-order valence-electron chi connectivity index (χ2n) is 7.25. The van der Waals surface area contributed by atoms with Crippen LogP contribution in [0.2, 0.25) is 0 Å². The summed E-state index contributed by atoms with van der Waals surface area (Å²) in [5.41, 5.74) is 3.48. The lowest BCUT2D eigenvalue weighted by molar-refractivity contribution is -0.145. The van der Waals surface area contributed by atoms with Crippen LogP contribution >= 0.6 is 11.3 Å². The van der Waals surface area contributed by atoms with E-state index in [9.17, 15) is 4.79 Å². The summed E-state index contributed by atoms with van der Waals surface area (Å²) >= 11 is 1.67. The van der Waals surface area contributed by atoms with Crippen molar-refractivity contribution in [1.29, 1.82) is 0 Å². The van der Waals surface area contributed by atoms with Gasteiger partial charge in [-0.15, -0.1) is 11.3 Å². The summed E-state index contributed by atoms with van der Waals surface area (Å²) in [6.07, 6.45) is 0.825. The molecule has 0 bridgehead atoms. The standard InChI is InChI=1S/C21H28N4O2S/c1-14-5-7-16(8-6-14)19-24-17(13-28-19)9-10-23-21(22-3)25-11-15(2)18(12-25)20(26)27-4/h5-8,13,15,18H,9-12H2,1-4H3,(H,22,23). The van der Waals surface area contributed by atoms with Crippen LogP contribution in [0.15, 0.2) is 34.6 Å². The minimum absolute atomic E-state index is 0.0980. The van der Waals surface area contributed by atoms with Crippen LogP contribution in [0.5, 0.6) is 0 Å². The van der Waals surface area contributed by atoms with Crippen molar-refractivity contribution in [1.82, 2.24) is 15.2 Å². The Hall–Kier alpha value is -2.41. The van der Waals surface area contributed by atoms with Crippen molar-refractivity contribution in [3.8, 4) is 10.6 Å². The number of hydrogen-bond donors (Lipinski definition) is 1. The van der Waals surface area contributed by atoms with Gasteiger partial charge in [-0.2, -0.15) is 0 Å². The Kier molecular flexibility index (Phi) is 6.67. The van der Waals surface area contributed by atoms with Gasteiger partial charge in [-0.05, 0) is 12.8 Å². The number of aryl methyl sites for hydroxylation is 1. The molecule has 2 atom stereocenters. The van der Waals surface area contributed by atoms with Crippen molar-refractivity contribution in [3.63, 3.8) is 0 Å². The number of esters is 1. The molecule has 0 aliphatic carbocycles. The summed E-state index contributed by atoms with van der Waals surface area (Å²) in [7, 11) is 3.22. The molecule has 28 heavy (non-hydrogen) atoms. The first-order valence-corrected chi connectivity index (χ1v) is 10.4. The van der Waals surface area contributed by atoms with Crippen molar-refractivity contribution >= 4 is 23.3 Å². The third-order valence-corrected chi connectivity index (χ3v) is 6.08. The van der Waals surface area contributed by atoms with Gasteiger partial charge in [-0.25, -0.2) is 4.98 Å². The number of thiazole rings is 1. The average Bonchev–Trinajstić information content (AvgIpc) is 3.32. The van der Waals surface area contributed by atoms with E-state index in [0.29, 0.717) is 6.54 Å². The van der Waals surface area contributed by atoms with Crippen LogP contribution in [0.1, 0.15) is 18.2 Å². The van der Waals surface area contributed by atoms with Crippen molar-refractivity contribution in [2.24, 2.45) is 16.8 Å². The predicted molar refractivity (Wildman–Crippen MR) is 114 cm³/mol. The summed E-state index contributed by atoms with van der Waals surface area (Å²) in [5.74, 6) is 0.838. The number of aliphatic imine (C=N–C) groups is 1. The number of ether oxygens (including phenoxy) is 1. The molecular formula is C21H28N4O2S. The van der Waals surface area contributed by atoms with Crippen molar-refractivity contribution in [3.05, 3.63) is 40.9 Å². The first kappa shape index (κ1) is 20.3. The van der Waals surface area contributed by atoms with Crippen LogP contribution in [-0.2, 0) is 16.0 Å². The minimum atomic E-state index is -0.142. The van der Waals surface area contributed by atoms with Crippen LogP contribution in [0, 0.1) is 18.8 Å². The maximum Gasteiger partial charge on any atom is 0.310 e. The highest BCUT2D eigenvalue weighted by Gasteiger charge is 2.36. The lowest BCUT2D eigenvalue weighted by Gasteiger charge is -2.21. The molecule has 3 rings (SSSR count). The fourth-order valence-corrected chi connectivity index (χ4v) is 4.34. The highest BCUT2D eigenvalue weighted by atomic mass is 32.1. The quantitative estimate of drug-likeness (QED) is 0.475. The maximum atomic E-state index is 11.9. The number of methoxy groups -OCH3 is 1. The Morgan fingerprint density at radius 2 is 2.11 bits per heavy atom. The molecule has 1 aliphatic rings. The molecule has 0 amide bonds. The first-order valence-electron chi connectivity index (χ1n) is 9.56. The van der Waals surface area contributed by atoms with Crippen LogP contribution in [0.25, 0.3) is 10.6 Å². The van der Waals surface area contributed by atoms with Gasteiger partial charge in [-0.1, -0.05) is 36.8 Å². The topological polar surface area (TPSA) is 66.8 Å². The number of rotatable bonds is 5. The third-order valence-electron chi connectivity index (χ3n) is 5.14. The first-order chi connectivity index (χ1) is 13.5. The Bertz CT molecular complexity index is 831. The van der Waals surface area contributed by atoms with Gasteiger partial charge < -0.3 is 15.0 Å². The Morgan fingerprint density at radius 3 is 2.79 bits per heavy atom. The number of benzene rings is 1. The van der Waals surface area contributed by atoms with E-state index in [1.807, 2.05) is 0 Å². The van der Waals surface area contributed by atoms with Gasteiger partial charge in [0.1, 0.15) is 5.01 Å². The molecule has 0 saturated carbocycles. The number of nitrogens with zero attached hydrogens (tertiary/aromatic N) is 3. The number of guanidine groups is 1. The number of nitrogens with one attached hydrogen (secondary N) is 1. The van der Waals surface area contributed by atoms with E-state index in [2.05, 4.69) is 58.7 Å². The monoisotopic (exact) mass is 400 g/mol. The third kappa shape index (κ3) is 4.70. The van der Waals surface area contributed by atoms with Crippen LogP contribution in [-0.4, -0.2) is 55.6 Å². The van der Waals surface area contributed by atoms with Crippen LogP contribution in [0.3, 0.4) is 0 Å². The van der Waals surface area contributed by atoms with Gasteiger partial charge in [-0.3, -0.25) is 9.79 Å². The van der Waals surface area contributed by atoms with Crippen LogP contribution in [0.4, 0.5) is 0 Å². The van der Waals surface area contributed by atoms with Gasteiger partial charge in [0, 0.05) is 44.0 Å². The van der Waals surface area contributed by atoms with Crippen molar-refractivity contribution < 1.29 is 9.53 Å².